The number of benzene rings is 1. The average Bonchev–Trinajstić information content (AvgIpc) is 3.08. The summed E-state index contributed by atoms with van der Waals surface area (Å²) in [6.07, 6.45) is 2.41. The summed E-state index contributed by atoms with van der Waals surface area (Å²) in [5, 5.41) is 2.75. The van der Waals surface area contributed by atoms with Gasteiger partial charge in [0.2, 0.25) is 5.88 Å². The molecule has 3 rings (SSSR count). The highest BCUT2D eigenvalue weighted by Crippen LogP contribution is 2.22. The topological polar surface area (TPSA) is 86.5 Å². The van der Waals surface area contributed by atoms with Crippen molar-refractivity contribution in [1.82, 2.24) is 4.98 Å². The summed E-state index contributed by atoms with van der Waals surface area (Å²) in [5.41, 5.74) is 6.08. The standard InChI is InChI=1S/C17H18FN3O3.2ClH/c18-11-1-4-13(5-2-11)24-16-8-3-12(10-20-16)21-17(22)15-7-6-14(9-19)23-15;;/h1-5,8,10,14-15H,6-7,9,19H2,(H,21,22);2*1H/t14-,15+;;/m1../s1. The van der Waals surface area contributed by atoms with Gasteiger partial charge in [-0.1, -0.05) is 0 Å². The number of nitrogens with one attached hydrogen (secondary N) is 1. The molecule has 0 bridgehead atoms. The molecule has 1 fully saturated rings. The number of halogens is 3. The van der Waals surface area contributed by atoms with Crippen LogP contribution >= 0.6 is 24.8 Å². The zero-order valence-corrected chi connectivity index (χ0v) is 15.4. The maximum Gasteiger partial charge on any atom is 0.253 e. The van der Waals surface area contributed by atoms with E-state index < -0.39 is 6.10 Å². The van der Waals surface area contributed by atoms with Gasteiger partial charge in [-0.3, -0.25) is 4.79 Å². The molecular weight excluding hydrogens is 384 g/mol. The smallest absolute Gasteiger partial charge is 0.253 e. The van der Waals surface area contributed by atoms with E-state index in [0.29, 0.717) is 30.3 Å². The van der Waals surface area contributed by atoms with Gasteiger partial charge in [-0.25, -0.2) is 9.37 Å². The van der Waals surface area contributed by atoms with E-state index in [0.717, 1.165) is 6.42 Å². The summed E-state index contributed by atoms with van der Waals surface area (Å²) in [4.78, 5) is 16.2. The highest BCUT2D eigenvalue weighted by molar-refractivity contribution is 5.94. The van der Waals surface area contributed by atoms with Gasteiger partial charge < -0.3 is 20.5 Å². The zero-order chi connectivity index (χ0) is 16.9. The molecule has 0 saturated carbocycles. The second kappa shape index (κ2) is 10.3. The lowest BCUT2D eigenvalue weighted by Gasteiger charge is -2.12. The molecule has 1 saturated heterocycles. The normalized spacial score (nSPS) is 18.4. The van der Waals surface area contributed by atoms with Crippen LogP contribution < -0.4 is 15.8 Å². The number of aromatic nitrogens is 1. The van der Waals surface area contributed by atoms with E-state index in [9.17, 15) is 9.18 Å². The van der Waals surface area contributed by atoms with Gasteiger partial charge in [0.1, 0.15) is 17.7 Å². The van der Waals surface area contributed by atoms with Crippen LogP contribution in [-0.4, -0.2) is 29.6 Å². The summed E-state index contributed by atoms with van der Waals surface area (Å²) >= 11 is 0. The predicted octanol–water partition coefficient (Wildman–Crippen LogP) is 3.30. The fourth-order valence-electron chi connectivity index (χ4n) is 2.43. The van der Waals surface area contributed by atoms with Gasteiger partial charge in [-0.2, -0.15) is 0 Å². The van der Waals surface area contributed by atoms with Crippen LogP contribution in [0.2, 0.25) is 0 Å². The Hall–Kier alpha value is -1.93. The van der Waals surface area contributed by atoms with E-state index in [4.69, 9.17) is 15.2 Å². The summed E-state index contributed by atoms with van der Waals surface area (Å²) in [6, 6.07) is 8.94. The maximum atomic E-state index is 12.8. The van der Waals surface area contributed by atoms with Gasteiger partial charge in [0.05, 0.1) is 18.0 Å². The number of hydrogen-bond acceptors (Lipinski definition) is 5. The Labute approximate surface area is 163 Å². The molecule has 1 amide bonds. The Morgan fingerprint density at radius 2 is 1.96 bits per heavy atom. The predicted molar refractivity (Wildman–Crippen MR) is 101 cm³/mol. The SMILES string of the molecule is Cl.Cl.NC[C@H]1CC[C@@H](C(=O)Nc2ccc(Oc3ccc(F)cc3)nc2)O1. The minimum Gasteiger partial charge on any atom is -0.439 e. The van der Waals surface area contributed by atoms with Crippen LogP contribution in [0.15, 0.2) is 42.6 Å². The number of anilines is 1. The van der Waals surface area contributed by atoms with Gasteiger partial charge in [0.25, 0.3) is 5.91 Å². The van der Waals surface area contributed by atoms with Crippen LogP contribution in [0.25, 0.3) is 0 Å². The molecule has 1 aliphatic rings. The number of nitrogens with two attached hydrogens (primary N) is 1. The Kier molecular flexibility index (Phi) is 8.74. The number of ether oxygens (including phenoxy) is 2. The molecule has 26 heavy (non-hydrogen) atoms. The van der Waals surface area contributed by atoms with Crippen LogP contribution in [0.4, 0.5) is 10.1 Å². The maximum absolute atomic E-state index is 12.8. The molecule has 2 aromatic rings. The highest BCUT2D eigenvalue weighted by atomic mass is 35.5. The molecule has 1 aromatic heterocycles. The van der Waals surface area contributed by atoms with Crippen molar-refractivity contribution < 1.29 is 18.7 Å². The number of amides is 1. The fourth-order valence-corrected chi connectivity index (χ4v) is 2.43. The third-order valence-corrected chi connectivity index (χ3v) is 3.70. The first-order valence-corrected chi connectivity index (χ1v) is 7.70. The largest absolute Gasteiger partial charge is 0.439 e. The molecule has 0 radical (unpaired) electrons. The van der Waals surface area contributed by atoms with Gasteiger partial charge in [0.15, 0.2) is 0 Å². The highest BCUT2D eigenvalue weighted by Gasteiger charge is 2.29. The molecule has 9 heteroatoms. The lowest BCUT2D eigenvalue weighted by molar-refractivity contribution is -0.126. The summed E-state index contributed by atoms with van der Waals surface area (Å²) in [5.74, 6) is 0.284. The summed E-state index contributed by atoms with van der Waals surface area (Å²) in [7, 11) is 0. The van der Waals surface area contributed by atoms with Crippen LogP contribution in [0.1, 0.15) is 12.8 Å². The molecule has 0 spiro atoms. The lowest BCUT2D eigenvalue weighted by Crippen LogP contribution is -2.29. The molecule has 0 aliphatic carbocycles. The quantitative estimate of drug-likeness (QED) is 0.799. The van der Waals surface area contributed by atoms with Gasteiger partial charge >= 0.3 is 0 Å². The van der Waals surface area contributed by atoms with Crippen LogP contribution in [0.3, 0.4) is 0 Å². The molecule has 6 nitrogen and oxygen atoms in total. The fraction of sp³-hybridized carbons (Fsp3) is 0.294. The molecular formula is C17H20Cl2FN3O3. The van der Waals surface area contributed by atoms with Crippen molar-refractivity contribution in [2.75, 3.05) is 11.9 Å². The first kappa shape index (κ1) is 22.1. The Bertz CT molecular complexity index is 701. The zero-order valence-electron chi connectivity index (χ0n) is 13.8. The molecule has 142 valence electrons. The molecule has 1 aliphatic heterocycles. The van der Waals surface area contributed by atoms with Crippen molar-refractivity contribution in [3.05, 3.63) is 48.4 Å². The number of carbonyl (C=O) groups excluding carboxylic acids is 1. The van der Waals surface area contributed by atoms with Crippen LogP contribution in [0, 0.1) is 5.82 Å². The van der Waals surface area contributed by atoms with E-state index >= 15 is 0 Å². The van der Waals surface area contributed by atoms with E-state index in [-0.39, 0.29) is 42.6 Å². The minimum absolute atomic E-state index is 0. The number of rotatable bonds is 5. The van der Waals surface area contributed by atoms with E-state index in [2.05, 4.69) is 10.3 Å². The second-order valence-electron chi connectivity index (χ2n) is 5.49. The Morgan fingerprint density at radius 3 is 2.54 bits per heavy atom. The van der Waals surface area contributed by atoms with Gasteiger partial charge in [-0.15, -0.1) is 24.8 Å². The Balaban J connectivity index is 0.00000169. The molecule has 2 atom stereocenters. The van der Waals surface area contributed by atoms with E-state index in [1.165, 1.54) is 30.5 Å². The summed E-state index contributed by atoms with van der Waals surface area (Å²) < 4.78 is 23.9. The second-order valence-corrected chi connectivity index (χ2v) is 5.49. The number of hydrogen-bond donors (Lipinski definition) is 2. The van der Waals surface area contributed by atoms with E-state index in [1.54, 1.807) is 12.1 Å². The van der Waals surface area contributed by atoms with Crippen molar-refractivity contribution in [1.29, 1.82) is 0 Å². The van der Waals surface area contributed by atoms with Gasteiger partial charge in [0, 0.05) is 12.6 Å². The Morgan fingerprint density at radius 1 is 1.23 bits per heavy atom. The average molecular weight is 404 g/mol. The molecule has 3 N–H and O–H groups in total. The summed E-state index contributed by atoms with van der Waals surface area (Å²) in [6.45, 7) is 0.417. The van der Waals surface area contributed by atoms with Crippen molar-refractivity contribution >= 4 is 36.4 Å². The number of nitrogens with zero attached hydrogens (tertiary/aromatic N) is 1. The van der Waals surface area contributed by atoms with Crippen molar-refractivity contribution in [3.8, 4) is 11.6 Å². The molecule has 1 aromatic carbocycles. The van der Waals surface area contributed by atoms with Crippen molar-refractivity contribution in [2.24, 2.45) is 5.73 Å². The number of pyridine rings is 1. The van der Waals surface area contributed by atoms with Gasteiger partial charge in [-0.05, 0) is 43.2 Å². The third-order valence-electron chi connectivity index (χ3n) is 3.70. The van der Waals surface area contributed by atoms with Crippen molar-refractivity contribution in [2.45, 2.75) is 25.0 Å². The molecule has 2 heterocycles. The lowest BCUT2D eigenvalue weighted by atomic mass is 10.2. The first-order chi connectivity index (χ1) is 11.6. The molecule has 0 unspecified atom stereocenters. The monoisotopic (exact) mass is 403 g/mol. The first-order valence-electron chi connectivity index (χ1n) is 7.70. The minimum atomic E-state index is -0.478. The van der Waals surface area contributed by atoms with Crippen LogP contribution in [-0.2, 0) is 9.53 Å². The number of carbonyl (C=O) groups is 1. The van der Waals surface area contributed by atoms with E-state index in [1.807, 2.05) is 0 Å². The van der Waals surface area contributed by atoms with Crippen molar-refractivity contribution in [3.63, 3.8) is 0 Å². The van der Waals surface area contributed by atoms with Crippen LogP contribution in [0.5, 0.6) is 11.6 Å². The third kappa shape index (κ3) is 5.81.